The van der Waals surface area contributed by atoms with Gasteiger partial charge in [0.25, 0.3) is 0 Å². The quantitative estimate of drug-likeness (QED) is 0.795. The summed E-state index contributed by atoms with van der Waals surface area (Å²) >= 11 is 3.32. The lowest BCUT2D eigenvalue weighted by atomic mass is 9.99. The summed E-state index contributed by atoms with van der Waals surface area (Å²) in [5, 5.41) is 0. The van der Waals surface area contributed by atoms with Crippen LogP contribution in [-0.4, -0.2) is 45.1 Å². The van der Waals surface area contributed by atoms with Gasteiger partial charge in [0.2, 0.25) is 15.9 Å². The Morgan fingerprint density at radius 2 is 1.82 bits per heavy atom. The van der Waals surface area contributed by atoms with E-state index in [0.29, 0.717) is 24.7 Å². The molecule has 22 heavy (non-hydrogen) atoms. The molecule has 1 fully saturated rings. The molecule has 1 amide bonds. The van der Waals surface area contributed by atoms with Crippen molar-refractivity contribution < 1.29 is 13.2 Å². The van der Waals surface area contributed by atoms with Crippen LogP contribution in [0.1, 0.15) is 19.8 Å². The summed E-state index contributed by atoms with van der Waals surface area (Å²) in [6, 6.07) is 6.91. The number of benzene rings is 1. The van der Waals surface area contributed by atoms with Crippen molar-refractivity contribution in [3.63, 3.8) is 0 Å². The van der Waals surface area contributed by atoms with E-state index in [1.807, 2.05) is 0 Å². The maximum absolute atomic E-state index is 12.4. The molecular formula is C15H21BrN2O3S. The molecule has 0 saturated carbocycles. The maximum atomic E-state index is 12.4. The second kappa shape index (κ2) is 7.00. The fourth-order valence-electron chi connectivity index (χ4n) is 2.49. The number of halogens is 1. The van der Waals surface area contributed by atoms with E-state index in [9.17, 15) is 13.2 Å². The highest BCUT2D eigenvalue weighted by atomic mass is 79.9. The average molecular weight is 389 g/mol. The standard InChI is InChI=1S/C15H21BrN2O3S/c1-12-7-9-17(10-8-12)15(19)11-18(22(2,20)21)14-5-3-13(16)4-6-14/h3-6,12H,7-11H2,1-2H3. The van der Waals surface area contributed by atoms with E-state index in [1.54, 1.807) is 29.2 Å². The molecule has 1 aliphatic rings. The summed E-state index contributed by atoms with van der Waals surface area (Å²) in [4.78, 5) is 14.2. The minimum atomic E-state index is -3.50. The number of amides is 1. The second-order valence-electron chi connectivity index (χ2n) is 5.81. The number of hydrogen-bond donors (Lipinski definition) is 0. The number of anilines is 1. The molecule has 1 aromatic carbocycles. The van der Waals surface area contributed by atoms with Crippen LogP contribution in [0.3, 0.4) is 0 Å². The van der Waals surface area contributed by atoms with E-state index in [2.05, 4.69) is 22.9 Å². The predicted octanol–water partition coefficient (Wildman–Crippen LogP) is 2.47. The van der Waals surface area contributed by atoms with Crippen LogP contribution in [0.2, 0.25) is 0 Å². The van der Waals surface area contributed by atoms with Gasteiger partial charge in [-0.3, -0.25) is 9.10 Å². The Hall–Kier alpha value is -1.08. The molecule has 0 spiro atoms. The predicted molar refractivity (Wildman–Crippen MR) is 91.3 cm³/mol. The molecule has 0 bridgehead atoms. The summed E-state index contributed by atoms with van der Waals surface area (Å²) in [6.07, 6.45) is 3.08. The van der Waals surface area contributed by atoms with Gasteiger partial charge < -0.3 is 4.90 Å². The van der Waals surface area contributed by atoms with E-state index < -0.39 is 10.0 Å². The number of hydrogen-bond acceptors (Lipinski definition) is 3. The molecule has 2 rings (SSSR count). The molecule has 0 N–H and O–H groups in total. The maximum Gasteiger partial charge on any atom is 0.243 e. The Morgan fingerprint density at radius 3 is 2.32 bits per heavy atom. The van der Waals surface area contributed by atoms with Gasteiger partial charge in [-0.2, -0.15) is 0 Å². The Bertz CT molecular complexity index is 623. The minimum Gasteiger partial charge on any atom is -0.341 e. The number of likely N-dealkylation sites (tertiary alicyclic amines) is 1. The molecule has 7 heteroatoms. The Kier molecular flexibility index (Phi) is 5.50. The fourth-order valence-corrected chi connectivity index (χ4v) is 3.60. The lowest BCUT2D eigenvalue weighted by Crippen LogP contribution is -2.45. The van der Waals surface area contributed by atoms with Crippen molar-refractivity contribution in [2.24, 2.45) is 5.92 Å². The van der Waals surface area contributed by atoms with Gasteiger partial charge in [-0.1, -0.05) is 22.9 Å². The first-order valence-electron chi connectivity index (χ1n) is 7.28. The number of carbonyl (C=O) groups excluding carboxylic acids is 1. The molecule has 1 heterocycles. The van der Waals surface area contributed by atoms with Gasteiger partial charge >= 0.3 is 0 Å². The smallest absolute Gasteiger partial charge is 0.243 e. The third-order valence-corrected chi connectivity index (χ3v) is 5.60. The van der Waals surface area contributed by atoms with Crippen LogP contribution in [0.25, 0.3) is 0 Å². The van der Waals surface area contributed by atoms with Crippen molar-refractivity contribution in [2.75, 3.05) is 30.2 Å². The van der Waals surface area contributed by atoms with Crippen molar-refractivity contribution in [2.45, 2.75) is 19.8 Å². The molecule has 0 aliphatic carbocycles. The molecular weight excluding hydrogens is 368 g/mol. The summed E-state index contributed by atoms with van der Waals surface area (Å²) in [5.41, 5.74) is 0.504. The topological polar surface area (TPSA) is 57.7 Å². The summed E-state index contributed by atoms with van der Waals surface area (Å²) in [6.45, 7) is 3.44. The van der Waals surface area contributed by atoms with Crippen LogP contribution in [0.5, 0.6) is 0 Å². The molecule has 1 aliphatic heterocycles. The first-order valence-corrected chi connectivity index (χ1v) is 9.92. The largest absolute Gasteiger partial charge is 0.341 e. The van der Waals surface area contributed by atoms with E-state index in [-0.39, 0.29) is 12.5 Å². The SMILES string of the molecule is CC1CCN(C(=O)CN(c2ccc(Br)cc2)S(C)(=O)=O)CC1. The molecule has 0 atom stereocenters. The zero-order valence-electron chi connectivity index (χ0n) is 12.8. The molecule has 0 radical (unpaired) electrons. The molecule has 5 nitrogen and oxygen atoms in total. The van der Waals surface area contributed by atoms with Crippen molar-refractivity contribution in [3.8, 4) is 0 Å². The Balaban J connectivity index is 2.14. The number of rotatable bonds is 4. The highest BCUT2D eigenvalue weighted by molar-refractivity contribution is 9.10. The number of carbonyl (C=O) groups is 1. The van der Waals surface area contributed by atoms with Crippen molar-refractivity contribution in [3.05, 3.63) is 28.7 Å². The van der Waals surface area contributed by atoms with E-state index >= 15 is 0 Å². The van der Waals surface area contributed by atoms with E-state index in [1.165, 1.54) is 4.31 Å². The monoisotopic (exact) mass is 388 g/mol. The second-order valence-corrected chi connectivity index (χ2v) is 8.63. The van der Waals surface area contributed by atoms with Gasteiger partial charge in [-0.05, 0) is 43.0 Å². The average Bonchev–Trinajstić information content (AvgIpc) is 2.45. The van der Waals surface area contributed by atoms with Crippen molar-refractivity contribution >= 4 is 37.5 Å². The Morgan fingerprint density at radius 1 is 1.27 bits per heavy atom. The van der Waals surface area contributed by atoms with Gasteiger partial charge in [-0.15, -0.1) is 0 Å². The third kappa shape index (κ3) is 4.46. The van der Waals surface area contributed by atoms with Gasteiger partial charge in [0.05, 0.1) is 11.9 Å². The Labute approximate surface area is 140 Å². The zero-order chi connectivity index (χ0) is 16.3. The molecule has 1 aromatic rings. The third-order valence-electron chi connectivity index (χ3n) is 3.93. The van der Waals surface area contributed by atoms with E-state index in [4.69, 9.17) is 0 Å². The zero-order valence-corrected chi connectivity index (χ0v) is 15.2. The van der Waals surface area contributed by atoms with Gasteiger partial charge in [0.15, 0.2) is 0 Å². The van der Waals surface area contributed by atoms with Crippen LogP contribution in [-0.2, 0) is 14.8 Å². The van der Waals surface area contributed by atoms with Crippen LogP contribution >= 0.6 is 15.9 Å². The van der Waals surface area contributed by atoms with Gasteiger partial charge in [-0.25, -0.2) is 8.42 Å². The number of sulfonamides is 1. The van der Waals surface area contributed by atoms with Crippen molar-refractivity contribution in [1.29, 1.82) is 0 Å². The molecule has 122 valence electrons. The first kappa shape index (κ1) is 17.3. The van der Waals surface area contributed by atoms with Crippen LogP contribution in [0, 0.1) is 5.92 Å². The van der Waals surface area contributed by atoms with Crippen LogP contribution in [0.15, 0.2) is 28.7 Å². The van der Waals surface area contributed by atoms with Gasteiger partial charge in [0, 0.05) is 17.6 Å². The normalized spacial score (nSPS) is 16.6. The van der Waals surface area contributed by atoms with Crippen LogP contribution < -0.4 is 4.31 Å². The van der Waals surface area contributed by atoms with E-state index in [0.717, 1.165) is 23.6 Å². The number of nitrogens with zero attached hydrogens (tertiary/aromatic N) is 2. The summed E-state index contributed by atoms with van der Waals surface area (Å²) in [5.74, 6) is 0.488. The lowest BCUT2D eigenvalue weighted by molar-refractivity contribution is -0.130. The summed E-state index contributed by atoms with van der Waals surface area (Å²) < 4.78 is 26.1. The molecule has 0 aromatic heterocycles. The van der Waals surface area contributed by atoms with Gasteiger partial charge in [0.1, 0.15) is 6.54 Å². The molecule has 1 saturated heterocycles. The highest BCUT2D eigenvalue weighted by Crippen LogP contribution is 2.22. The summed E-state index contributed by atoms with van der Waals surface area (Å²) in [7, 11) is -3.50. The minimum absolute atomic E-state index is 0.139. The molecule has 0 unspecified atom stereocenters. The van der Waals surface area contributed by atoms with Crippen LogP contribution in [0.4, 0.5) is 5.69 Å². The van der Waals surface area contributed by atoms with Crippen molar-refractivity contribution in [1.82, 2.24) is 4.90 Å². The number of piperidine rings is 1. The highest BCUT2D eigenvalue weighted by Gasteiger charge is 2.26. The lowest BCUT2D eigenvalue weighted by Gasteiger charge is -2.32. The first-order chi connectivity index (χ1) is 10.3. The fraction of sp³-hybridized carbons (Fsp3) is 0.533.